The molecule has 0 aromatic carbocycles. The fraction of sp³-hybridized carbons (Fsp3) is 0.417. The van der Waals surface area contributed by atoms with E-state index in [2.05, 4.69) is 36.4 Å². The molecule has 3 heteroatoms. The molecule has 0 saturated carbocycles. The zero-order valence-electron chi connectivity index (χ0n) is 9.49. The smallest absolute Gasteiger partial charge is 0.137 e. The molecular formula is C12H17N3. The van der Waals surface area contributed by atoms with Crippen molar-refractivity contribution < 1.29 is 0 Å². The molecule has 15 heavy (non-hydrogen) atoms. The van der Waals surface area contributed by atoms with Gasteiger partial charge in [-0.25, -0.2) is 4.98 Å². The standard InChI is InChI=1S/C12H17N3/c1-12(2,3)10-8-15-9(7-13)5-4-6-11(15)14-10/h4-6,8H,7,13H2,1-3H3. The van der Waals surface area contributed by atoms with E-state index in [0.717, 1.165) is 17.0 Å². The van der Waals surface area contributed by atoms with Gasteiger partial charge in [-0.15, -0.1) is 0 Å². The molecule has 0 atom stereocenters. The molecule has 2 heterocycles. The Kier molecular flexibility index (Phi) is 2.27. The van der Waals surface area contributed by atoms with E-state index < -0.39 is 0 Å². The molecule has 0 amide bonds. The van der Waals surface area contributed by atoms with Crippen LogP contribution >= 0.6 is 0 Å². The van der Waals surface area contributed by atoms with Gasteiger partial charge in [0.2, 0.25) is 0 Å². The lowest BCUT2D eigenvalue weighted by Gasteiger charge is -2.13. The Morgan fingerprint density at radius 1 is 1.33 bits per heavy atom. The van der Waals surface area contributed by atoms with E-state index in [1.54, 1.807) is 0 Å². The molecule has 0 saturated heterocycles. The lowest BCUT2D eigenvalue weighted by molar-refractivity contribution is 0.573. The van der Waals surface area contributed by atoms with Crippen LogP contribution in [0.1, 0.15) is 32.2 Å². The first kappa shape index (κ1) is 10.2. The Balaban J connectivity index is 2.65. The minimum atomic E-state index is 0.0812. The molecule has 0 unspecified atom stereocenters. The predicted molar refractivity (Wildman–Crippen MR) is 61.8 cm³/mol. The number of rotatable bonds is 1. The minimum absolute atomic E-state index is 0.0812. The van der Waals surface area contributed by atoms with Crippen LogP contribution in [0.3, 0.4) is 0 Å². The summed E-state index contributed by atoms with van der Waals surface area (Å²) in [7, 11) is 0. The van der Waals surface area contributed by atoms with Crippen molar-refractivity contribution in [3.63, 3.8) is 0 Å². The normalized spacial score (nSPS) is 12.3. The molecule has 0 bridgehead atoms. The van der Waals surface area contributed by atoms with Gasteiger partial charge in [-0.1, -0.05) is 26.8 Å². The van der Waals surface area contributed by atoms with E-state index in [1.807, 2.05) is 18.2 Å². The van der Waals surface area contributed by atoms with E-state index >= 15 is 0 Å². The molecular weight excluding hydrogens is 186 g/mol. The van der Waals surface area contributed by atoms with Crippen molar-refractivity contribution in [2.45, 2.75) is 32.7 Å². The molecule has 2 aromatic rings. The molecule has 0 aliphatic rings. The summed E-state index contributed by atoms with van der Waals surface area (Å²) < 4.78 is 2.07. The van der Waals surface area contributed by atoms with Crippen molar-refractivity contribution in [1.29, 1.82) is 0 Å². The third-order valence-electron chi connectivity index (χ3n) is 2.55. The van der Waals surface area contributed by atoms with Gasteiger partial charge in [0.05, 0.1) is 5.69 Å². The largest absolute Gasteiger partial charge is 0.325 e. The summed E-state index contributed by atoms with van der Waals surface area (Å²) in [5.74, 6) is 0. The molecule has 2 rings (SSSR count). The SMILES string of the molecule is CC(C)(C)c1cn2c(CN)cccc2n1. The second-order valence-corrected chi connectivity index (χ2v) is 4.83. The van der Waals surface area contributed by atoms with Gasteiger partial charge in [-0.05, 0) is 12.1 Å². The minimum Gasteiger partial charge on any atom is -0.325 e. The molecule has 0 spiro atoms. The van der Waals surface area contributed by atoms with Crippen LogP contribution in [0.5, 0.6) is 0 Å². The van der Waals surface area contributed by atoms with Crippen LogP contribution in [-0.4, -0.2) is 9.38 Å². The summed E-state index contributed by atoms with van der Waals surface area (Å²) in [4.78, 5) is 4.60. The quantitative estimate of drug-likeness (QED) is 0.771. The van der Waals surface area contributed by atoms with Crippen molar-refractivity contribution in [3.8, 4) is 0 Å². The number of hydrogen-bond donors (Lipinski definition) is 1. The molecule has 2 N–H and O–H groups in total. The van der Waals surface area contributed by atoms with Gasteiger partial charge in [0.25, 0.3) is 0 Å². The third kappa shape index (κ3) is 1.75. The Hall–Kier alpha value is -1.35. The number of nitrogens with two attached hydrogens (primary N) is 1. The van der Waals surface area contributed by atoms with Crippen molar-refractivity contribution in [3.05, 3.63) is 35.8 Å². The second-order valence-electron chi connectivity index (χ2n) is 4.83. The monoisotopic (exact) mass is 203 g/mol. The first-order chi connectivity index (χ1) is 7.02. The first-order valence-electron chi connectivity index (χ1n) is 5.20. The van der Waals surface area contributed by atoms with Gasteiger partial charge in [0, 0.05) is 23.9 Å². The zero-order valence-corrected chi connectivity index (χ0v) is 9.49. The number of pyridine rings is 1. The molecule has 0 aliphatic heterocycles. The Morgan fingerprint density at radius 3 is 2.67 bits per heavy atom. The summed E-state index contributed by atoms with van der Waals surface area (Å²) in [6.07, 6.45) is 2.08. The lowest BCUT2D eigenvalue weighted by atomic mass is 9.93. The van der Waals surface area contributed by atoms with E-state index in [0.29, 0.717) is 6.54 Å². The maximum absolute atomic E-state index is 5.69. The average molecular weight is 203 g/mol. The summed E-state index contributed by atoms with van der Waals surface area (Å²) in [5.41, 5.74) is 8.94. The molecule has 0 fully saturated rings. The summed E-state index contributed by atoms with van der Waals surface area (Å²) in [5, 5.41) is 0. The van der Waals surface area contributed by atoms with Crippen LogP contribution in [-0.2, 0) is 12.0 Å². The average Bonchev–Trinajstić information content (AvgIpc) is 2.59. The Labute approximate surface area is 89.9 Å². The number of fused-ring (bicyclic) bond motifs is 1. The summed E-state index contributed by atoms with van der Waals surface area (Å²) in [6, 6.07) is 6.03. The van der Waals surface area contributed by atoms with E-state index in [-0.39, 0.29) is 5.41 Å². The van der Waals surface area contributed by atoms with Gasteiger partial charge >= 0.3 is 0 Å². The summed E-state index contributed by atoms with van der Waals surface area (Å²) in [6.45, 7) is 7.03. The van der Waals surface area contributed by atoms with Crippen molar-refractivity contribution >= 4 is 5.65 Å². The second kappa shape index (κ2) is 3.35. The van der Waals surface area contributed by atoms with Crippen molar-refractivity contribution in [1.82, 2.24) is 9.38 Å². The summed E-state index contributed by atoms with van der Waals surface area (Å²) >= 11 is 0. The highest BCUT2D eigenvalue weighted by molar-refractivity contribution is 5.43. The van der Waals surface area contributed by atoms with Crippen LogP contribution in [0.2, 0.25) is 0 Å². The molecule has 2 aromatic heterocycles. The molecule has 80 valence electrons. The maximum atomic E-state index is 5.69. The lowest BCUT2D eigenvalue weighted by Crippen LogP contribution is -2.11. The molecule has 3 nitrogen and oxygen atoms in total. The fourth-order valence-corrected chi connectivity index (χ4v) is 1.60. The highest BCUT2D eigenvalue weighted by atomic mass is 15.0. The number of imidazole rings is 1. The van der Waals surface area contributed by atoms with Gasteiger partial charge in [0.1, 0.15) is 5.65 Å². The highest BCUT2D eigenvalue weighted by Gasteiger charge is 2.17. The first-order valence-corrected chi connectivity index (χ1v) is 5.20. The van der Waals surface area contributed by atoms with Gasteiger partial charge in [0.15, 0.2) is 0 Å². The van der Waals surface area contributed by atoms with E-state index in [9.17, 15) is 0 Å². The van der Waals surface area contributed by atoms with E-state index in [1.165, 1.54) is 0 Å². The van der Waals surface area contributed by atoms with Crippen LogP contribution in [0.15, 0.2) is 24.4 Å². The van der Waals surface area contributed by atoms with Gasteiger partial charge in [-0.2, -0.15) is 0 Å². The van der Waals surface area contributed by atoms with Crippen LogP contribution in [0.25, 0.3) is 5.65 Å². The Morgan fingerprint density at radius 2 is 2.07 bits per heavy atom. The van der Waals surface area contributed by atoms with Crippen LogP contribution < -0.4 is 5.73 Å². The topological polar surface area (TPSA) is 43.3 Å². The molecule has 0 radical (unpaired) electrons. The van der Waals surface area contributed by atoms with Crippen LogP contribution in [0.4, 0.5) is 0 Å². The third-order valence-corrected chi connectivity index (χ3v) is 2.55. The van der Waals surface area contributed by atoms with Gasteiger partial charge < -0.3 is 10.1 Å². The number of aromatic nitrogens is 2. The maximum Gasteiger partial charge on any atom is 0.137 e. The van der Waals surface area contributed by atoms with Gasteiger partial charge in [-0.3, -0.25) is 0 Å². The molecule has 0 aliphatic carbocycles. The van der Waals surface area contributed by atoms with Crippen molar-refractivity contribution in [2.24, 2.45) is 5.73 Å². The van der Waals surface area contributed by atoms with Crippen LogP contribution in [0, 0.1) is 0 Å². The fourth-order valence-electron chi connectivity index (χ4n) is 1.60. The highest BCUT2D eigenvalue weighted by Crippen LogP contribution is 2.22. The van der Waals surface area contributed by atoms with Crippen molar-refractivity contribution in [2.75, 3.05) is 0 Å². The Bertz CT molecular complexity index is 477. The van der Waals surface area contributed by atoms with E-state index in [4.69, 9.17) is 5.73 Å². The number of hydrogen-bond acceptors (Lipinski definition) is 2. The number of nitrogens with zero attached hydrogens (tertiary/aromatic N) is 2. The predicted octanol–water partition coefficient (Wildman–Crippen LogP) is 2.09. The zero-order chi connectivity index (χ0) is 11.1.